The SMILES string of the molecule is c1ccc(-c2nc(-c3cccc(-n4c5cc6oc7cc(-c8ccc9c%10c(cccc8%10)-c8ccc(-n%10c%11ccccc%11c%11c%12c%13cc%14c(cc%13n(-c%13ccccc%13)c%12ccc%11%10)oc%10ccccc%10%14)cc8-9)ccc7c6cc5c5c6c7ccccc7n(-c7ccccc7)c6ccc54)c3)nc3ccccc23)cc1. The molecule has 0 radical (unpaired) electrons. The summed E-state index contributed by atoms with van der Waals surface area (Å²) in [6, 6.07) is 119. The molecule has 0 spiro atoms. The summed E-state index contributed by atoms with van der Waals surface area (Å²) in [6.07, 6.45) is 0. The smallest absolute Gasteiger partial charge is 0.160 e. The average molecular weight is 1320 g/mol. The molecular formula is C96H54N6O2. The molecule has 7 heterocycles. The highest BCUT2D eigenvalue weighted by atomic mass is 16.3. The van der Waals surface area contributed by atoms with Gasteiger partial charge in [0.15, 0.2) is 5.82 Å². The lowest BCUT2D eigenvalue weighted by atomic mass is 9.94. The van der Waals surface area contributed by atoms with Crippen molar-refractivity contribution in [2.75, 3.05) is 0 Å². The minimum atomic E-state index is 0.668. The highest BCUT2D eigenvalue weighted by Crippen LogP contribution is 2.53. The molecule has 1 aliphatic rings. The van der Waals surface area contributed by atoms with Crippen molar-refractivity contribution in [1.82, 2.24) is 28.2 Å². The zero-order chi connectivity index (χ0) is 67.6. The van der Waals surface area contributed by atoms with Gasteiger partial charge >= 0.3 is 0 Å². The van der Waals surface area contributed by atoms with Crippen molar-refractivity contribution in [1.29, 1.82) is 0 Å². The molecule has 24 rings (SSSR count). The van der Waals surface area contributed by atoms with Crippen molar-refractivity contribution >= 4 is 153 Å². The van der Waals surface area contributed by atoms with Gasteiger partial charge in [0.1, 0.15) is 22.3 Å². The average Bonchev–Trinajstić information content (AvgIpc) is 1.54. The molecule has 0 unspecified atom stereocenters. The molecule has 0 fully saturated rings. The molecular weight excluding hydrogens is 1270 g/mol. The summed E-state index contributed by atoms with van der Waals surface area (Å²) in [4.78, 5) is 10.6. The van der Waals surface area contributed by atoms with Crippen LogP contribution in [0.5, 0.6) is 0 Å². The van der Waals surface area contributed by atoms with Crippen molar-refractivity contribution in [3.05, 3.63) is 328 Å². The fourth-order valence-corrected chi connectivity index (χ4v) is 18.1. The fraction of sp³-hybridized carbons (Fsp3) is 0. The lowest BCUT2D eigenvalue weighted by Crippen LogP contribution is -1.98. The Balaban J connectivity index is 0.662. The van der Waals surface area contributed by atoms with Crippen molar-refractivity contribution in [2.24, 2.45) is 0 Å². The van der Waals surface area contributed by atoms with Crippen LogP contribution in [0.3, 0.4) is 0 Å². The zero-order valence-corrected chi connectivity index (χ0v) is 55.7. The van der Waals surface area contributed by atoms with Gasteiger partial charge in [-0.2, -0.15) is 0 Å². The summed E-state index contributed by atoms with van der Waals surface area (Å²) in [5.41, 5.74) is 27.8. The Morgan fingerprint density at radius 1 is 0.202 bits per heavy atom. The highest BCUT2D eigenvalue weighted by Gasteiger charge is 2.29. The first kappa shape index (κ1) is 55.8. The third kappa shape index (κ3) is 7.64. The lowest BCUT2D eigenvalue weighted by molar-refractivity contribution is 0.669. The molecule has 0 atom stereocenters. The van der Waals surface area contributed by atoms with Crippen LogP contribution in [-0.4, -0.2) is 28.2 Å². The molecule has 104 heavy (non-hydrogen) atoms. The number of rotatable bonds is 7. The molecule has 0 saturated heterocycles. The molecule has 0 bridgehead atoms. The van der Waals surface area contributed by atoms with Crippen LogP contribution in [0.4, 0.5) is 0 Å². The second-order valence-corrected chi connectivity index (χ2v) is 27.8. The summed E-state index contributed by atoms with van der Waals surface area (Å²) in [5, 5.41) is 17.4. The largest absolute Gasteiger partial charge is 0.456 e. The summed E-state index contributed by atoms with van der Waals surface area (Å²) < 4.78 is 23.5. The minimum absolute atomic E-state index is 0.668. The Morgan fingerprint density at radius 2 is 0.673 bits per heavy atom. The summed E-state index contributed by atoms with van der Waals surface area (Å²) in [7, 11) is 0. The summed E-state index contributed by atoms with van der Waals surface area (Å²) in [5.74, 6) is 0.668. The Kier molecular flexibility index (Phi) is 11.1. The number of para-hydroxylation sites is 6. The van der Waals surface area contributed by atoms with Crippen LogP contribution < -0.4 is 0 Å². The lowest BCUT2D eigenvalue weighted by Gasteiger charge is -2.12. The summed E-state index contributed by atoms with van der Waals surface area (Å²) in [6.45, 7) is 0. The number of benzene rings is 16. The molecule has 0 amide bonds. The Hall–Kier alpha value is -14.1. The van der Waals surface area contributed by atoms with Gasteiger partial charge in [-0.05, 0) is 165 Å². The van der Waals surface area contributed by atoms with E-state index in [-0.39, 0.29) is 0 Å². The molecule has 23 aromatic rings. The van der Waals surface area contributed by atoms with Crippen molar-refractivity contribution in [3.63, 3.8) is 0 Å². The van der Waals surface area contributed by atoms with E-state index in [1.165, 1.54) is 70.7 Å². The first-order chi connectivity index (χ1) is 51.6. The number of hydrogen-bond acceptors (Lipinski definition) is 4. The van der Waals surface area contributed by atoms with Crippen LogP contribution in [0, 0.1) is 0 Å². The van der Waals surface area contributed by atoms with Gasteiger partial charge < -0.3 is 27.1 Å². The van der Waals surface area contributed by atoms with Crippen molar-refractivity contribution in [2.45, 2.75) is 0 Å². The Labute approximate surface area is 592 Å². The van der Waals surface area contributed by atoms with E-state index in [0.717, 1.165) is 155 Å². The van der Waals surface area contributed by atoms with Gasteiger partial charge in [0.25, 0.3) is 0 Å². The molecule has 480 valence electrons. The normalized spacial score (nSPS) is 12.4. The van der Waals surface area contributed by atoms with Crippen LogP contribution in [0.2, 0.25) is 0 Å². The third-order valence-electron chi connectivity index (χ3n) is 22.5. The van der Waals surface area contributed by atoms with Crippen LogP contribution in [-0.2, 0) is 0 Å². The second kappa shape index (κ2) is 20.8. The van der Waals surface area contributed by atoms with E-state index in [4.69, 9.17) is 18.8 Å². The van der Waals surface area contributed by atoms with E-state index in [0.29, 0.717) is 5.82 Å². The van der Waals surface area contributed by atoms with E-state index in [1.54, 1.807) is 0 Å². The van der Waals surface area contributed by atoms with Gasteiger partial charge in [-0.1, -0.05) is 194 Å². The third-order valence-corrected chi connectivity index (χ3v) is 22.5. The Morgan fingerprint density at radius 3 is 1.36 bits per heavy atom. The number of nitrogens with zero attached hydrogens (tertiary/aromatic N) is 6. The minimum Gasteiger partial charge on any atom is -0.456 e. The summed E-state index contributed by atoms with van der Waals surface area (Å²) >= 11 is 0. The molecule has 16 aromatic carbocycles. The zero-order valence-electron chi connectivity index (χ0n) is 55.7. The maximum Gasteiger partial charge on any atom is 0.160 e. The van der Waals surface area contributed by atoms with Gasteiger partial charge in [-0.3, -0.25) is 0 Å². The van der Waals surface area contributed by atoms with Crippen LogP contribution in [0.15, 0.2) is 336 Å². The number of aromatic nitrogens is 6. The predicted molar refractivity (Wildman–Crippen MR) is 430 cm³/mol. The molecule has 0 saturated carbocycles. The second-order valence-electron chi connectivity index (χ2n) is 27.8. The van der Waals surface area contributed by atoms with E-state index in [2.05, 4.69) is 334 Å². The van der Waals surface area contributed by atoms with Crippen LogP contribution in [0.25, 0.3) is 232 Å². The number of hydrogen-bond donors (Lipinski definition) is 0. The van der Waals surface area contributed by atoms with Gasteiger partial charge in [0.05, 0.1) is 55.3 Å². The predicted octanol–water partition coefficient (Wildman–Crippen LogP) is 25.6. The number of fused-ring (bicyclic) bond motifs is 24. The van der Waals surface area contributed by atoms with Crippen molar-refractivity contribution < 1.29 is 8.83 Å². The van der Waals surface area contributed by atoms with E-state index < -0.39 is 0 Å². The van der Waals surface area contributed by atoms with E-state index in [9.17, 15) is 0 Å². The van der Waals surface area contributed by atoms with Crippen LogP contribution >= 0.6 is 0 Å². The molecule has 0 aliphatic heterocycles. The number of furan rings is 2. The Bertz CT molecular complexity index is 7720. The fourth-order valence-electron chi connectivity index (χ4n) is 18.1. The maximum atomic E-state index is 7.20. The van der Waals surface area contributed by atoms with E-state index in [1.807, 2.05) is 12.1 Å². The van der Waals surface area contributed by atoms with Crippen LogP contribution in [0.1, 0.15) is 0 Å². The van der Waals surface area contributed by atoms with Gasteiger partial charge in [-0.25, -0.2) is 9.97 Å². The maximum absolute atomic E-state index is 7.20. The van der Waals surface area contributed by atoms with Gasteiger partial charge in [0, 0.05) is 116 Å². The van der Waals surface area contributed by atoms with Crippen molar-refractivity contribution in [3.8, 4) is 78.8 Å². The monoisotopic (exact) mass is 1320 g/mol. The molecule has 7 aromatic heterocycles. The molecule has 1 aliphatic carbocycles. The standard InChI is InChI=1S/C96H54N6O2/c1-4-20-55(21-5-1)95-69-29-10-14-34-77(69)97-96(98-95)57-22-18-27-60(48-57)102-83-47-44-80-91(70-30-11-15-35-78(70)99(80)58-23-6-2-7-24-58)94(83)76-52-74-65-40-38-56(49-87(65)104-89(74)54-85(76)102)62-42-43-68-72-50-61(39-41-63(72)67-33-19-32-66(62)90(67)68)101-79-36-16-12-31-71(79)92-81(101)45-46-82-93(92)75-51-73-64-28-13-17-37-86(64)103-88(73)53-84(75)100(82)59-25-8-3-9-26-59/h1-54H. The molecule has 8 heteroatoms. The first-order valence-corrected chi connectivity index (χ1v) is 35.5. The van der Waals surface area contributed by atoms with E-state index >= 15 is 0 Å². The van der Waals surface area contributed by atoms with Gasteiger partial charge in [-0.15, -0.1) is 0 Å². The van der Waals surface area contributed by atoms with Gasteiger partial charge in [0.2, 0.25) is 0 Å². The molecule has 8 nitrogen and oxygen atoms in total. The molecule has 0 N–H and O–H groups in total. The topological polar surface area (TPSA) is 71.8 Å². The highest BCUT2D eigenvalue weighted by molar-refractivity contribution is 6.33. The quantitative estimate of drug-likeness (QED) is 0.159. The first-order valence-electron chi connectivity index (χ1n) is 35.5.